The van der Waals surface area contributed by atoms with Gasteiger partial charge in [0.15, 0.2) is 5.16 Å². The number of thioether (sulfide) groups is 2. The molecule has 3 rings (SSSR count). The number of ether oxygens (including phenoxy) is 2. The average molecular weight is 357 g/mol. The molecule has 22 heavy (non-hydrogen) atoms. The van der Waals surface area contributed by atoms with E-state index in [1.807, 2.05) is 17.6 Å². The van der Waals surface area contributed by atoms with Crippen molar-refractivity contribution in [3.8, 4) is 0 Å². The normalized spacial score (nSPS) is 16.9. The van der Waals surface area contributed by atoms with E-state index >= 15 is 0 Å². The van der Waals surface area contributed by atoms with Gasteiger partial charge in [0.2, 0.25) is 0 Å². The molecule has 2 aromatic rings. The summed E-state index contributed by atoms with van der Waals surface area (Å²) in [6, 6.07) is 0. The standard InChI is InChI=1S/C15H20N2O2S3/c1-15(2)7-10-9(8-19-15)11-12(22-10)13(21-6-5-18-3)17-14(16-11)20-4/h5-8H2,1-4H3. The molecular weight excluding hydrogens is 336 g/mol. The topological polar surface area (TPSA) is 44.2 Å². The molecule has 4 nitrogen and oxygen atoms in total. The van der Waals surface area contributed by atoms with E-state index in [2.05, 4.69) is 13.8 Å². The number of aromatic nitrogens is 2. The second kappa shape index (κ2) is 6.65. The zero-order chi connectivity index (χ0) is 15.7. The summed E-state index contributed by atoms with van der Waals surface area (Å²) in [6.45, 7) is 5.67. The Morgan fingerprint density at radius 3 is 2.91 bits per heavy atom. The number of hydrogen-bond acceptors (Lipinski definition) is 7. The Labute approximate surface area is 143 Å². The van der Waals surface area contributed by atoms with Crippen LogP contribution in [0.5, 0.6) is 0 Å². The fourth-order valence-corrected chi connectivity index (χ4v) is 5.32. The van der Waals surface area contributed by atoms with Crippen LogP contribution >= 0.6 is 34.9 Å². The van der Waals surface area contributed by atoms with Gasteiger partial charge in [-0.1, -0.05) is 11.8 Å². The summed E-state index contributed by atoms with van der Waals surface area (Å²) in [7, 11) is 1.73. The second-order valence-corrected chi connectivity index (χ2v) is 8.73. The maximum Gasteiger partial charge on any atom is 0.188 e. The number of rotatable bonds is 5. The van der Waals surface area contributed by atoms with E-state index in [1.54, 1.807) is 30.6 Å². The van der Waals surface area contributed by atoms with Crippen molar-refractivity contribution in [1.82, 2.24) is 9.97 Å². The highest BCUT2D eigenvalue weighted by molar-refractivity contribution is 7.99. The third-order valence-electron chi connectivity index (χ3n) is 3.56. The molecule has 0 aromatic carbocycles. The Hall–Kier alpha value is -0.340. The molecule has 0 unspecified atom stereocenters. The summed E-state index contributed by atoms with van der Waals surface area (Å²) in [6.07, 6.45) is 2.96. The molecule has 1 aliphatic rings. The van der Waals surface area contributed by atoms with Gasteiger partial charge in [-0.25, -0.2) is 9.97 Å². The number of fused-ring (bicyclic) bond motifs is 3. The van der Waals surface area contributed by atoms with Gasteiger partial charge in [-0.15, -0.1) is 23.1 Å². The number of hydrogen-bond donors (Lipinski definition) is 0. The van der Waals surface area contributed by atoms with Crippen molar-refractivity contribution in [2.45, 2.75) is 42.7 Å². The molecule has 7 heteroatoms. The molecule has 2 aromatic heterocycles. The number of nitrogens with zero attached hydrogens (tertiary/aromatic N) is 2. The minimum Gasteiger partial charge on any atom is -0.384 e. The van der Waals surface area contributed by atoms with Gasteiger partial charge in [0, 0.05) is 29.7 Å². The van der Waals surface area contributed by atoms with Crippen LogP contribution in [0.4, 0.5) is 0 Å². The largest absolute Gasteiger partial charge is 0.384 e. The molecule has 120 valence electrons. The third-order valence-corrected chi connectivity index (χ3v) is 6.41. The van der Waals surface area contributed by atoms with Crippen LogP contribution in [0.3, 0.4) is 0 Å². The van der Waals surface area contributed by atoms with Crippen LogP contribution in [-0.4, -0.2) is 41.3 Å². The smallest absolute Gasteiger partial charge is 0.188 e. The third kappa shape index (κ3) is 3.28. The van der Waals surface area contributed by atoms with Gasteiger partial charge in [0.25, 0.3) is 0 Å². The Balaban J connectivity index is 2.05. The summed E-state index contributed by atoms with van der Waals surface area (Å²) in [5.74, 6) is 0.904. The van der Waals surface area contributed by atoms with Crippen molar-refractivity contribution in [3.05, 3.63) is 10.4 Å². The minimum absolute atomic E-state index is 0.0903. The summed E-state index contributed by atoms with van der Waals surface area (Å²) in [5, 5.41) is 1.90. The number of methoxy groups -OCH3 is 1. The average Bonchev–Trinajstić information content (AvgIpc) is 2.83. The fourth-order valence-electron chi connectivity index (χ4n) is 2.43. The maximum atomic E-state index is 5.98. The summed E-state index contributed by atoms with van der Waals surface area (Å²) in [4.78, 5) is 10.8. The van der Waals surface area contributed by atoms with Crippen LogP contribution in [0.1, 0.15) is 24.3 Å². The van der Waals surface area contributed by atoms with Crippen molar-refractivity contribution in [2.24, 2.45) is 0 Å². The van der Waals surface area contributed by atoms with Crippen molar-refractivity contribution >= 4 is 45.1 Å². The van der Waals surface area contributed by atoms with Crippen LogP contribution in [0.15, 0.2) is 10.2 Å². The van der Waals surface area contributed by atoms with E-state index in [-0.39, 0.29) is 5.60 Å². The van der Waals surface area contributed by atoms with E-state index in [4.69, 9.17) is 19.4 Å². The van der Waals surface area contributed by atoms with Gasteiger partial charge in [-0.2, -0.15) is 0 Å². The summed E-state index contributed by atoms with van der Waals surface area (Å²) in [5.41, 5.74) is 2.24. The Kier molecular flexibility index (Phi) is 4.99. The predicted molar refractivity (Wildman–Crippen MR) is 94.4 cm³/mol. The van der Waals surface area contributed by atoms with Crippen LogP contribution in [0, 0.1) is 0 Å². The molecule has 0 atom stereocenters. The first-order chi connectivity index (χ1) is 10.5. The Morgan fingerprint density at radius 2 is 2.18 bits per heavy atom. The maximum absolute atomic E-state index is 5.98. The first-order valence-electron chi connectivity index (χ1n) is 7.16. The lowest BCUT2D eigenvalue weighted by Crippen LogP contribution is -2.30. The molecular formula is C15H20N2O2S3. The van der Waals surface area contributed by atoms with Crippen molar-refractivity contribution in [1.29, 1.82) is 0 Å². The van der Waals surface area contributed by atoms with Crippen molar-refractivity contribution < 1.29 is 9.47 Å². The van der Waals surface area contributed by atoms with E-state index in [0.29, 0.717) is 6.61 Å². The molecule has 1 aliphatic heterocycles. The Morgan fingerprint density at radius 1 is 1.36 bits per heavy atom. The highest BCUT2D eigenvalue weighted by Gasteiger charge is 2.30. The molecule has 0 saturated carbocycles. The van der Waals surface area contributed by atoms with Crippen LogP contribution in [0.2, 0.25) is 0 Å². The quantitative estimate of drug-likeness (QED) is 0.349. The van der Waals surface area contributed by atoms with Crippen LogP contribution < -0.4 is 0 Å². The van der Waals surface area contributed by atoms with Gasteiger partial charge >= 0.3 is 0 Å². The lowest BCUT2D eigenvalue weighted by molar-refractivity contribution is -0.0383. The van der Waals surface area contributed by atoms with E-state index in [9.17, 15) is 0 Å². The summed E-state index contributed by atoms with van der Waals surface area (Å²) >= 11 is 5.17. The molecule has 3 heterocycles. The van der Waals surface area contributed by atoms with Gasteiger partial charge in [-0.05, 0) is 20.1 Å². The molecule has 0 spiro atoms. The molecule has 0 N–H and O–H groups in total. The van der Waals surface area contributed by atoms with Crippen LogP contribution in [-0.2, 0) is 22.5 Å². The lowest BCUT2D eigenvalue weighted by atomic mass is 9.98. The number of thiophene rings is 1. The van der Waals surface area contributed by atoms with Gasteiger partial charge in [0.05, 0.1) is 29.0 Å². The van der Waals surface area contributed by atoms with Gasteiger partial charge in [-0.3, -0.25) is 0 Å². The molecule has 0 radical (unpaired) electrons. The van der Waals surface area contributed by atoms with E-state index in [0.717, 1.165) is 34.5 Å². The molecule has 0 bridgehead atoms. The van der Waals surface area contributed by atoms with Crippen molar-refractivity contribution in [3.63, 3.8) is 0 Å². The minimum atomic E-state index is -0.0903. The zero-order valence-corrected chi connectivity index (χ0v) is 15.7. The first-order valence-corrected chi connectivity index (χ1v) is 10.2. The Bertz CT molecular complexity index is 685. The predicted octanol–water partition coefficient (Wildman–Crippen LogP) is 4.00. The lowest BCUT2D eigenvalue weighted by Gasteiger charge is -2.29. The van der Waals surface area contributed by atoms with Crippen LogP contribution in [0.25, 0.3) is 10.2 Å². The molecule has 0 amide bonds. The zero-order valence-electron chi connectivity index (χ0n) is 13.3. The highest BCUT2D eigenvalue weighted by atomic mass is 32.2. The second-order valence-electron chi connectivity index (χ2n) is 5.76. The van der Waals surface area contributed by atoms with Gasteiger partial charge in [0.1, 0.15) is 5.03 Å². The van der Waals surface area contributed by atoms with Gasteiger partial charge < -0.3 is 9.47 Å². The molecule has 0 aliphatic carbocycles. The van der Waals surface area contributed by atoms with Crippen molar-refractivity contribution in [2.75, 3.05) is 25.7 Å². The molecule has 0 fully saturated rings. The van der Waals surface area contributed by atoms with E-state index in [1.165, 1.54) is 15.1 Å². The first kappa shape index (κ1) is 16.5. The SMILES string of the molecule is COCCSc1nc(SC)nc2c3c(sc12)CC(C)(C)OC3. The van der Waals surface area contributed by atoms with E-state index < -0.39 is 0 Å². The molecule has 0 saturated heterocycles. The highest BCUT2D eigenvalue weighted by Crippen LogP contribution is 2.41. The fraction of sp³-hybridized carbons (Fsp3) is 0.600. The summed E-state index contributed by atoms with van der Waals surface area (Å²) < 4.78 is 12.3. The monoisotopic (exact) mass is 356 g/mol.